The highest BCUT2D eigenvalue weighted by Crippen LogP contribution is 2.23. The van der Waals surface area contributed by atoms with E-state index in [-0.39, 0.29) is 0 Å². The molecule has 1 aromatic heterocycles. The fraction of sp³-hybridized carbons (Fsp3) is 0.125. The molecule has 0 aliphatic carbocycles. The van der Waals surface area contributed by atoms with Crippen LogP contribution < -0.4 is 0 Å². The molecule has 1 heterocycles. The Bertz CT molecular complexity index is 849. The van der Waals surface area contributed by atoms with Gasteiger partial charge in [0, 0.05) is 11.6 Å². The lowest BCUT2D eigenvalue weighted by Gasteiger charge is -2.08. The number of aryl methyl sites for hydroxylation is 1. The van der Waals surface area contributed by atoms with Crippen molar-refractivity contribution in [1.29, 1.82) is 0 Å². The van der Waals surface area contributed by atoms with Crippen molar-refractivity contribution in [1.82, 2.24) is 3.97 Å². The quantitative estimate of drug-likeness (QED) is 0.739. The Balaban J connectivity index is 2.24. The zero-order chi connectivity index (χ0) is 14.2. The van der Waals surface area contributed by atoms with Gasteiger partial charge in [-0.1, -0.05) is 37.3 Å². The van der Waals surface area contributed by atoms with Crippen LogP contribution in [0.1, 0.15) is 12.5 Å². The van der Waals surface area contributed by atoms with E-state index in [2.05, 4.69) is 6.92 Å². The first-order chi connectivity index (χ1) is 9.63. The van der Waals surface area contributed by atoms with E-state index in [0.29, 0.717) is 4.90 Å². The Hall–Kier alpha value is -2.07. The summed E-state index contributed by atoms with van der Waals surface area (Å²) in [7, 11) is -3.53. The number of aromatic nitrogens is 1. The van der Waals surface area contributed by atoms with E-state index in [4.69, 9.17) is 0 Å². The Labute approximate surface area is 118 Å². The second-order valence-corrected chi connectivity index (χ2v) is 6.49. The van der Waals surface area contributed by atoms with Gasteiger partial charge in [-0.2, -0.15) is 0 Å². The molecule has 2 aromatic carbocycles. The second-order valence-electron chi connectivity index (χ2n) is 4.68. The van der Waals surface area contributed by atoms with Gasteiger partial charge in [0.05, 0.1) is 10.4 Å². The molecule has 0 unspecified atom stereocenters. The zero-order valence-corrected chi connectivity index (χ0v) is 12.0. The summed E-state index contributed by atoms with van der Waals surface area (Å²) in [6.07, 6.45) is 2.50. The fourth-order valence-electron chi connectivity index (χ4n) is 2.28. The smallest absolute Gasteiger partial charge is 0.241 e. The highest BCUT2D eigenvalue weighted by Gasteiger charge is 2.18. The van der Waals surface area contributed by atoms with Crippen LogP contribution >= 0.6 is 0 Å². The Morgan fingerprint density at radius 1 is 1.00 bits per heavy atom. The summed E-state index contributed by atoms with van der Waals surface area (Å²) in [5, 5.41) is 0.932. The Kier molecular flexibility index (Phi) is 3.10. The van der Waals surface area contributed by atoms with Gasteiger partial charge in [-0.15, -0.1) is 0 Å². The van der Waals surface area contributed by atoms with Crippen LogP contribution in [0.5, 0.6) is 0 Å². The molecule has 0 aliphatic heterocycles. The van der Waals surface area contributed by atoms with E-state index < -0.39 is 10.0 Å². The van der Waals surface area contributed by atoms with Crippen molar-refractivity contribution in [3.63, 3.8) is 0 Å². The first-order valence-electron chi connectivity index (χ1n) is 6.53. The summed E-state index contributed by atoms with van der Waals surface area (Å²) in [5.41, 5.74) is 1.86. The zero-order valence-electron chi connectivity index (χ0n) is 11.2. The molecule has 102 valence electrons. The highest BCUT2D eigenvalue weighted by atomic mass is 32.2. The molecule has 0 fully saturated rings. The maximum atomic E-state index is 12.7. The molecule has 0 aliphatic rings. The third-order valence-electron chi connectivity index (χ3n) is 3.43. The van der Waals surface area contributed by atoms with Crippen molar-refractivity contribution in [2.24, 2.45) is 0 Å². The van der Waals surface area contributed by atoms with Gasteiger partial charge in [-0.3, -0.25) is 0 Å². The number of hydrogen-bond acceptors (Lipinski definition) is 2. The first-order valence-corrected chi connectivity index (χ1v) is 7.97. The number of benzene rings is 2. The summed E-state index contributed by atoms with van der Waals surface area (Å²) < 4.78 is 26.7. The van der Waals surface area contributed by atoms with E-state index in [1.165, 1.54) is 3.97 Å². The minimum absolute atomic E-state index is 0.305. The predicted molar refractivity (Wildman–Crippen MR) is 80.3 cm³/mol. The average Bonchev–Trinajstić information content (AvgIpc) is 2.91. The molecule has 0 N–H and O–H groups in total. The second kappa shape index (κ2) is 4.80. The van der Waals surface area contributed by atoms with Gasteiger partial charge < -0.3 is 0 Å². The third-order valence-corrected chi connectivity index (χ3v) is 5.13. The van der Waals surface area contributed by atoms with E-state index in [0.717, 1.165) is 22.9 Å². The van der Waals surface area contributed by atoms with Gasteiger partial charge in [-0.25, -0.2) is 12.4 Å². The first kappa shape index (κ1) is 12.9. The van der Waals surface area contributed by atoms with Gasteiger partial charge in [0.15, 0.2) is 0 Å². The van der Waals surface area contributed by atoms with Crippen molar-refractivity contribution in [2.45, 2.75) is 18.2 Å². The number of hydrogen-bond donors (Lipinski definition) is 0. The fourth-order valence-corrected chi connectivity index (χ4v) is 3.65. The Morgan fingerprint density at radius 3 is 2.45 bits per heavy atom. The van der Waals surface area contributed by atoms with Gasteiger partial charge in [0.25, 0.3) is 10.0 Å². The molecule has 3 nitrogen and oxygen atoms in total. The van der Waals surface area contributed by atoms with Crippen molar-refractivity contribution in [2.75, 3.05) is 0 Å². The maximum Gasteiger partial charge on any atom is 0.268 e. The molecule has 4 heteroatoms. The highest BCUT2D eigenvalue weighted by molar-refractivity contribution is 7.90. The summed E-state index contributed by atoms with van der Waals surface area (Å²) in [5.74, 6) is 0. The largest absolute Gasteiger partial charge is 0.268 e. The standard InChI is InChI=1S/C16H15NO2S/c1-2-13-8-9-14-10-11-17(16(14)12-13)20(18,19)15-6-4-3-5-7-15/h3-12H,2H2,1H3. The summed E-state index contributed by atoms with van der Waals surface area (Å²) in [6, 6.07) is 16.3. The molecule has 0 radical (unpaired) electrons. The van der Waals surface area contributed by atoms with Gasteiger partial charge in [0.2, 0.25) is 0 Å². The van der Waals surface area contributed by atoms with Crippen LogP contribution in [0, 0.1) is 0 Å². The van der Waals surface area contributed by atoms with E-state index >= 15 is 0 Å². The molecule has 0 amide bonds. The van der Waals surface area contributed by atoms with Crippen molar-refractivity contribution in [3.8, 4) is 0 Å². The van der Waals surface area contributed by atoms with E-state index in [1.54, 1.807) is 30.5 Å². The molecular weight excluding hydrogens is 270 g/mol. The topological polar surface area (TPSA) is 39.1 Å². The van der Waals surface area contributed by atoms with Gasteiger partial charge in [-0.05, 0) is 36.2 Å². The lowest BCUT2D eigenvalue weighted by atomic mass is 10.1. The minimum Gasteiger partial charge on any atom is -0.241 e. The van der Waals surface area contributed by atoms with Crippen LogP contribution in [0.15, 0.2) is 65.7 Å². The van der Waals surface area contributed by atoms with Crippen LogP contribution in [0.25, 0.3) is 10.9 Å². The summed E-state index contributed by atoms with van der Waals surface area (Å²) in [6.45, 7) is 2.06. The third kappa shape index (κ3) is 2.02. The molecule has 20 heavy (non-hydrogen) atoms. The SMILES string of the molecule is CCc1ccc2ccn(S(=O)(=O)c3ccccc3)c2c1. The molecular formula is C16H15NO2S. The van der Waals surface area contributed by atoms with E-state index in [9.17, 15) is 8.42 Å². The molecule has 0 spiro atoms. The van der Waals surface area contributed by atoms with Crippen molar-refractivity contribution < 1.29 is 8.42 Å². The maximum absolute atomic E-state index is 12.7. The number of fused-ring (bicyclic) bond motifs is 1. The molecule has 0 saturated heterocycles. The van der Waals surface area contributed by atoms with Crippen molar-refractivity contribution >= 4 is 20.9 Å². The minimum atomic E-state index is -3.53. The number of rotatable bonds is 3. The molecule has 0 bridgehead atoms. The predicted octanol–water partition coefficient (Wildman–Crippen LogP) is 3.44. The molecule has 0 atom stereocenters. The van der Waals surface area contributed by atoms with Crippen molar-refractivity contribution in [3.05, 3.63) is 66.4 Å². The Morgan fingerprint density at radius 2 is 1.75 bits per heavy atom. The van der Waals surface area contributed by atoms with E-state index in [1.807, 2.05) is 30.3 Å². The van der Waals surface area contributed by atoms with Crippen LogP contribution in [0.2, 0.25) is 0 Å². The number of nitrogens with zero attached hydrogens (tertiary/aromatic N) is 1. The molecule has 3 rings (SSSR count). The average molecular weight is 285 g/mol. The van der Waals surface area contributed by atoms with Crippen LogP contribution in [-0.4, -0.2) is 12.4 Å². The molecule has 0 saturated carbocycles. The molecule has 3 aromatic rings. The lowest BCUT2D eigenvalue weighted by molar-refractivity contribution is 0.589. The lowest BCUT2D eigenvalue weighted by Crippen LogP contribution is -2.11. The van der Waals surface area contributed by atoms with Crippen LogP contribution in [-0.2, 0) is 16.4 Å². The van der Waals surface area contributed by atoms with Crippen LogP contribution in [0.4, 0.5) is 0 Å². The monoisotopic (exact) mass is 285 g/mol. The van der Waals surface area contributed by atoms with Gasteiger partial charge in [0.1, 0.15) is 0 Å². The van der Waals surface area contributed by atoms with Crippen LogP contribution in [0.3, 0.4) is 0 Å². The van der Waals surface area contributed by atoms with Gasteiger partial charge >= 0.3 is 0 Å². The normalized spacial score (nSPS) is 11.8. The summed E-state index contributed by atoms with van der Waals surface area (Å²) in [4.78, 5) is 0.305. The summed E-state index contributed by atoms with van der Waals surface area (Å²) >= 11 is 0.